The molecule has 0 atom stereocenters. The highest BCUT2D eigenvalue weighted by atomic mass is 32.1. The lowest BCUT2D eigenvalue weighted by molar-refractivity contribution is 1.07. The van der Waals surface area contributed by atoms with Crippen LogP contribution in [0.2, 0.25) is 0 Å². The molecule has 202 valence electrons. The van der Waals surface area contributed by atoms with Crippen LogP contribution in [0.15, 0.2) is 151 Å². The van der Waals surface area contributed by atoms with E-state index in [9.17, 15) is 0 Å². The first kappa shape index (κ1) is 18.9. The van der Waals surface area contributed by atoms with Crippen LogP contribution in [0.1, 0.15) is 9.60 Å². The van der Waals surface area contributed by atoms with Gasteiger partial charge in [-0.05, 0) is 28.3 Å². The second-order valence-corrected chi connectivity index (χ2v) is 11.0. The van der Waals surface area contributed by atoms with Crippen LogP contribution in [0.4, 0.5) is 0 Å². The summed E-state index contributed by atoms with van der Waals surface area (Å²) >= 11 is 1.12. The molecule has 8 aromatic rings. The monoisotopic (exact) mass is 574 g/mol. The predicted molar refractivity (Wildman–Crippen MR) is 180 cm³/mol. The van der Waals surface area contributed by atoms with Crippen molar-refractivity contribution in [3.63, 3.8) is 0 Å². The van der Waals surface area contributed by atoms with Crippen molar-refractivity contribution in [1.29, 1.82) is 0 Å². The van der Waals surface area contributed by atoms with E-state index in [-0.39, 0.29) is 47.0 Å². The summed E-state index contributed by atoms with van der Waals surface area (Å²) in [5.74, 6) is 1.49. The molecule has 0 fully saturated rings. The Balaban J connectivity index is 1.25. The fourth-order valence-electron chi connectivity index (χ4n) is 5.11. The van der Waals surface area contributed by atoms with Crippen molar-refractivity contribution in [2.45, 2.75) is 0 Å². The Morgan fingerprint density at radius 3 is 1.51 bits per heavy atom. The topological polar surface area (TPSA) is 38.7 Å². The van der Waals surface area contributed by atoms with Crippen LogP contribution in [0.3, 0.4) is 0 Å². The smallest absolute Gasteiger partial charge is 0.164 e. The Kier molecular flexibility index (Phi) is 4.72. The highest BCUT2D eigenvalue weighted by Crippen LogP contribution is 2.40. The number of hydrogen-bond donors (Lipinski definition) is 0. The molecule has 4 heteroatoms. The van der Waals surface area contributed by atoms with Crippen LogP contribution in [0.25, 0.3) is 76.6 Å². The van der Waals surface area contributed by atoms with E-state index in [2.05, 4.69) is 12.1 Å². The Hall–Kier alpha value is -5.45. The zero-order chi connectivity index (χ0) is 34.7. The number of fused-ring (bicyclic) bond motifs is 3. The molecule has 0 amide bonds. The zero-order valence-electron chi connectivity index (χ0n) is 29.6. The van der Waals surface area contributed by atoms with Crippen molar-refractivity contribution in [2.75, 3.05) is 0 Å². The first-order valence-corrected chi connectivity index (χ1v) is 14.5. The number of nitrogens with zero attached hydrogens (tertiary/aromatic N) is 3. The third-order valence-corrected chi connectivity index (χ3v) is 8.41. The average molecular weight is 575 g/mol. The standard InChI is InChI=1S/C39H25N3S/c1-3-10-26(11-4-1)27-18-22-30(23-19-27)38-40-37(29-12-5-2-6-13-29)41-39(42-38)31-24-20-28(21-25-31)32-15-9-16-34-33-14-7-8-17-35(33)43-36(32)34/h1-25H/i7D,8D,9D,14D,15D,16D,17D. The molecule has 43 heavy (non-hydrogen) atoms. The molecule has 0 aliphatic heterocycles. The lowest BCUT2D eigenvalue weighted by Crippen LogP contribution is -2.00. The van der Waals surface area contributed by atoms with Crippen molar-refractivity contribution < 1.29 is 9.60 Å². The van der Waals surface area contributed by atoms with Gasteiger partial charge in [-0.3, -0.25) is 0 Å². The van der Waals surface area contributed by atoms with E-state index in [1.807, 2.05) is 97.1 Å². The van der Waals surface area contributed by atoms with Gasteiger partial charge in [-0.1, -0.05) is 145 Å². The van der Waals surface area contributed by atoms with E-state index >= 15 is 0 Å². The molecule has 0 radical (unpaired) electrons. The normalized spacial score (nSPS) is 13.5. The summed E-state index contributed by atoms with van der Waals surface area (Å²) in [4.78, 5) is 14.5. The predicted octanol–water partition coefficient (Wildman–Crippen LogP) is 10.6. The van der Waals surface area contributed by atoms with Crippen LogP contribution in [0, 0.1) is 0 Å². The fourth-order valence-corrected chi connectivity index (χ4v) is 6.20. The molecule has 0 aliphatic rings. The zero-order valence-corrected chi connectivity index (χ0v) is 23.5. The van der Waals surface area contributed by atoms with Gasteiger partial charge in [-0.15, -0.1) is 11.3 Å². The molecule has 0 N–H and O–H groups in total. The van der Waals surface area contributed by atoms with Crippen LogP contribution in [0.5, 0.6) is 0 Å². The maximum atomic E-state index is 8.85. The van der Waals surface area contributed by atoms with E-state index in [1.165, 1.54) is 0 Å². The molecular weight excluding hydrogens is 543 g/mol. The minimum Gasteiger partial charge on any atom is -0.208 e. The third kappa shape index (κ3) is 4.78. The van der Waals surface area contributed by atoms with E-state index in [0.717, 1.165) is 33.6 Å². The number of hydrogen-bond acceptors (Lipinski definition) is 4. The SMILES string of the molecule is [2H]c1c([2H])c([2H])c2c(sc3c(-c4ccc(-c5nc(-c6ccccc6)nc(-c6ccc(-c7ccccc7)cc6)n5)cc4)c([2H])c([2H])c([2H])c32)c1[2H]. The van der Waals surface area contributed by atoms with E-state index in [1.54, 1.807) is 0 Å². The van der Waals surface area contributed by atoms with Crippen molar-refractivity contribution in [2.24, 2.45) is 0 Å². The van der Waals surface area contributed by atoms with E-state index in [4.69, 9.17) is 24.5 Å². The highest BCUT2D eigenvalue weighted by molar-refractivity contribution is 7.26. The number of benzene rings is 6. The van der Waals surface area contributed by atoms with Gasteiger partial charge in [0.1, 0.15) is 0 Å². The lowest BCUT2D eigenvalue weighted by Gasteiger charge is -2.10. The molecule has 0 spiro atoms. The summed E-state index contributed by atoms with van der Waals surface area (Å²) < 4.78 is 60.3. The molecule has 2 aromatic heterocycles. The van der Waals surface area contributed by atoms with Gasteiger partial charge in [0.25, 0.3) is 0 Å². The number of aromatic nitrogens is 3. The van der Waals surface area contributed by atoms with Crippen molar-refractivity contribution in [1.82, 2.24) is 15.0 Å². The second-order valence-electron chi connectivity index (χ2n) is 9.95. The van der Waals surface area contributed by atoms with Crippen LogP contribution in [-0.2, 0) is 0 Å². The minimum atomic E-state index is -0.396. The molecule has 6 aromatic carbocycles. The maximum Gasteiger partial charge on any atom is 0.164 e. The van der Waals surface area contributed by atoms with Gasteiger partial charge >= 0.3 is 0 Å². The first-order chi connectivity index (χ1) is 24.2. The van der Waals surface area contributed by atoms with E-state index < -0.39 is 6.04 Å². The molecule has 0 bridgehead atoms. The lowest BCUT2D eigenvalue weighted by atomic mass is 10.0. The van der Waals surface area contributed by atoms with E-state index in [0.29, 0.717) is 43.6 Å². The summed E-state index contributed by atoms with van der Waals surface area (Å²) in [7, 11) is 0. The molecule has 0 saturated carbocycles. The minimum absolute atomic E-state index is 0.148. The fraction of sp³-hybridized carbons (Fsp3) is 0. The quantitative estimate of drug-likeness (QED) is 0.205. The summed E-state index contributed by atoms with van der Waals surface area (Å²) in [6, 6.07) is 33.3. The molecule has 8 rings (SSSR count). The summed E-state index contributed by atoms with van der Waals surface area (Å²) in [6.07, 6.45) is 0. The molecule has 2 heterocycles. The Labute approximate surface area is 263 Å². The van der Waals surface area contributed by atoms with Gasteiger partial charge in [-0.2, -0.15) is 0 Å². The first-order valence-electron chi connectivity index (χ1n) is 17.2. The van der Waals surface area contributed by atoms with Gasteiger partial charge in [0.05, 0.1) is 9.60 Å². The van der Waals surface area contributed by atoms with Crippen LogP contribution in [-0.4, -0.2) is 15.0 Å². The van der Waals surface area contributed by atoms with Gasteiger partial charge < -0.3 is 0 Å². The maximum absolute atomic E-state index is 8.85. The number of thiophene rings is 1. The Morgan fingerprint density at radius 1 is 0.419 bits per heavy atom. The number of rotatable bonds is 5. The molecule has 0 unspecified atom stereocenters. The summed E-state index contributed by atoms with van der Waals surface area (Å²) in [5, 5.41) is 0.459. The highest BCUT2D eigenvalue weighted by Gasteiger charge is 2.14. The summed E-state index contributed by atoms with van der Waals surface area (Å²) in [6.45, 7) is 0. The van der Waals surface area contributed by atoms with Gasteiger partial charge in [0.2, 0.25) is 0 Å². The average Bonchev–Trinajstić information content (AvgIpc) is 3.57. The van der Waals surface area contributed by atoms with Gasteiger partial charge in [0, 0.05) is 36.9 Å². The van der Waals surface area contributed by atoms with Gasteiger partial charge in [0.15, 0.2) is 17.5 Å². The Bertz CT molecular complexity index is 2590. The summed E-state index contributed by atoms with van der Waals surface area (Å²) in [5.41, 5.74) is 5.57. The van der Waals surface area contributed by atoms with Crippen molar-refractivity contribution in [3.05, 3.63) is 151 Å². The molecule has 0 saturated heterocycles. The third-order valence-electron chi connectivity index (χ3n) is 7.29. The molecular formula is C39H25N3S. The van der Waals surface area contributed by atoms with Crippen LogP contribution >= 0.6 is 11.3 Å². The molecule has 3 nitrogen and oxygen atoms in total. The molecule has 0 aliphatic carbocycles. The van der Waals surface area contributed by atoms with Crippen LogP contribution < -0.4 is 0 Å². The van der Waals surface area contributed by atoms with Gasteiger partial charge in [-0.25, -0.2) is 15.0 Å². The van der Waals surface area contributed by atoms with Crippen molar-refractivity contribution >= 4 is 31.5 Å². The van der Waals surface area contributed by atoms with Crippen molar-refractivity contribution in [3.8, 4) is 56.4 Å². The largest absolute Gasteiger partial charge is 0.208 e. The Morgan fingerprint density at radius 2 is 0.884 bits per heavy atom. The second kappa shape index (κ2) is 10.8.